The summed E-state index contributed by atoms with van der Waals surface area (Å²) >= 11 is 6.11. The molecule has 2 rings (SSSR count). The van der Waals surface area contributed by atoms with E-state index in [-0.39, 0.29) is 11.8 Å². The zero-order valence-corrected chi connectivity index (χ0v) is 13.2. The Morgan fingerprint density at radius 1 is 1.35 bits per heavy atom. The minimum absolute atomic E-state index is 0.233. The summed E-state index contributed by atoms with van der Waals surface area (Å²) in [6.07, 6.45) is 6.67. The smallest absolute Gasteiger partial charge is 0.223 e. The van der Waals surface area contributed by atoms with E-state index in [1.807, 2.05) is 18.5 Å². The topological polar surface area (TPSA) is 46.9 Å². The second kappa shape index (κ2) is 7.11. The molecule has 1 aromatic rings. The van der Waals surface area contributed by atoms with Crippen LogP contribution in [0.2, 0.25) is 5.02 Å². The maximum Gasteiger partial charge on any atom is 0.223 e. The van der Waals surface area contributed by atoms with Gasteiger partial charge in [-0.05, 0) is 33.1 Å². The molecule has 0 radical (unpaired) electrons. The van der Waals surface area contributed by atoms with Crippen LogP contribution in [0, 0.1) is 19.8 Å². The molecular formula is C15H24ClN3O. The van der Waals surface area contributed by atoms with Gasteiger partial charge in [0.1, 0.15) is 0 Å². The van der Waals surface area contributed by atoms with E-state index >= 15 is 0 Å². The average Bonchev–Trinajstić information content (AvgIpc) is 2.71. The molecule has 0 saturated heterocycles. The number of carbonyl (C=O) groups excluding carboxylic acids is 1. The van der Waals surface area contributed by atoms with Crippen molar-refractivity contribution in [1.29, 1.82) is 0 Å². The minimum Gasteiger partial charge on any atom is -0.356 e. The van der Waals surface area contributed by atoms with Crippen LogP contribution in [0.5, 0.6) is 0 Å². The van der Waals surface area contributed by atoms with Crippen molar-refractivity contribution in [1.82, 2.24) is 15.1 Å². The zero-order chi connectivity index (χ0) is 14.5. The first-order valence-electron chi connectivity index (χ1n) is 7.57. The van der Waals surface area contributed by atoms with Crippen LogP contribution in [0.15, 0.2) is 0 Å². The highest BCUT2D eigenvalue weighted by atomic mass is 35.5. The van der Waals surface area contributed by atoms with Crippen molar-refractivity contribution in [2.45, 2.75) is 58.9 Å². The normalized spacial score (nSPS) is 16.4. The van der Waals surface area contributed by atoms with Gasteiger partial charge in [-0.25, -0.2) is 0 Å². The number of amides is 1. The Hall–Kier alpha value is -1.03. The molecule has 5 heteroatoms. The van der Waals surface area contributed by atoms with Crippen LogP contribution in [0.4, 0.5) is 0 Å². The lowest BCUT2D eigenvalue weighted by Gasteiger charge is -2.20. The van der Waals surface area contributed by atoms with Crippen LogP contribution in [0.1, 0.15) is 49.9 Å². The zero-order valence-electron chi connectivity index (χ0n) is 12.4. The molecule has 1 heterocycles. The van der Waals surface area contributed by atoms with Crippen molar-refractivity contribution >= 4 is 17.5 Å². The van der Waals surface area contributed by atoms with Crippen molar-refractivity contribution in [3.05, 3.63) is 16.4 Å². The second-order valence-corrected chi connectivity index (χ2v) is 6.07. The maximum absolute atomic E-state index is 12.0. The first-order valence-corrected chi connectivity index (χ1v) is 7.94. The standard InChI is InChI=1S/C15H24ClN3O/c1-11-14(16)12(2)19(18-11)10-6-9-17-15(20)13-7-4-3-5-8-13/h13H,3-10H2,1-2H3,(H,17,20). The van der Waals surface area contributed by atoms with Crippen LogP contribution in [0.25, 0.3) is 0 Å². The quantitative estimate of drug-likeness (QED) is 0.848. The van der Waals surface area contributed by atoms with E-state index in [2.05, 4.69) is 10.4 Å². The van der Waals surface area contributed by atoms with E-state index < -0.39 is 0 Å². The third-order valence-corrected chi connectivity index (χ3v) is 4.66. The van der Waals surface area contributed by atoms with E-state index in [1.54, 1.807) is 0 Å². The number of nitrogens with one attached hydrogen (secondary N) is 1. The number of aryl methyl sites for hydroxylation is 2. The predicted molar refractivity (Wildman–Crippen MR) is 80.9 cm³/mol. The van der Waals surface area contributed by atoms with Gasteiger partial charge >= 0.3 is 0 Å². The number of aromatic nitrogens is 2. The molecule has 0 bridgehead atoms. The molecule has 1 saturated carbocycles. The Morgan fingerprint density at radius 2 is 2.05 bits per heavy atom. The molecule has 0 aromatic carbocycles. The molecule has 0 spiro atoms. The van der Waals surface area contributed by atoms with Crippen molar-refractivity contribution in [2.24, 2.45) is 5.92 Å². The average molecular weight is 298 g/mol. The number of hydrogen-bond donors (Lipinski definition) is 1. The molecule has 0 unspecified atom stereocenters. The van der Waals surface area contributed by atoms with Crippen molar-refractivity contribution in [2.75, 3.05) is 6.54 Å². The molecule has 1 fully saturated rings. The number of halogens is 1. The van der Waals surface area contributed by atoms with Crippen LogP contribution in [-0.4, -0.2) is 22.2 Å². The summed E-state index contributed by atoms with van der Waals surface area (Å²) in [4.78, 5) is 12.0. The highest BCUT2D eigenvalue weighted by Gasteiger charge is 2.20. The molecule has 1 aliphatic carbocycles. The summed E-state index contributed by atoms with van der Waals surface area (Å²) in [5, 5.41) is 8.19. The monoisotopic (exact) mass is 297 g/mol. The molecule has 20 heavy (non-hydrogen) atoms. The van der Waals surface area contributed by atoms with Gasteiger partial charge in [-0.2, -0.15) is 5.10 Å². The van der Waals surface area contributed by atoms with E-state index in [9.17, 15) is 4.79 Å². The molecule has 1 aliphatic rings. The Balaban J connectivity index is 1.70. The molecule has 1 N–H and O–H groups in total. The van der Waals surface area contributed by atoms with Gasteiger partial charge < -0.3 is 5.32 Å². The van der Waals surface area contributed by atoms with Gasteiger partial charge in [-0.1, -0.05) is 30.9 Å². The molecule has 0 aliphatic heterocycles. The minimum atomic E-state index is 0.233. The molecule has 1 amide bonds. The Kier molecular flexibility index (Phi) is 5.46. The van der Waals surface area contributed by atoms with Gasteiger partial charge in [0.05, 0.1) is 16.4 Å². The lowest BCUT2D eigenvalue weighted by molar-refractivity contribution is -0.125. The van der Waals surface area contributed by atoms with E-state index in [4.69, 9.17) is 11.6 Å². The SMILES string of the molecule is Cc1nn(CCCNC(=O)C2CCCCC2)c(C)c1Cl. The summed E-state index contributed by atoms with van der Waals surface area (Å²) in [6.45, 7) is 5.40. The Labute approximate surface area is 125 Å². The molecular weight excluding hydrogens is 274 g/mol. The van der Waals surface area contributed by atoms with Crippen LogP contribution in [0.3, 0.4) is 0 Å². The fourth-order valence-electron chi connectivity index (χ4n) is 2.84. The van der Waals surface area contributed by atoms with Crippen LogP contribution in [-0.2, 0) is 11.3 Å². The lowest BCUT2D eigenvalue weighted by atomic mass is 9.89. The van der Waals surface area contributed by atoms with Gasteiger partial charge in [0.15, 0.2) is 0 Å². The summed E-state index contributed by atoms with van der Waals surface area (Å²) in [7, 11) is 0. The predicted octanol–water partition coefficient (Wildman–Crippen LogP) is 3.24. The number of hydrogen-bond acceptors (Lipinski definition) is 2. The fourth-order valence-corrected chi connectivity index (χ4v) is 2.98. The van der Waals surface area contributed by atoms with Gasteiger partial charge in [0.25, 0.3) is 0 Å². The fraction of sp³-hybridized carbons (Fsp3) is 0.733. The highest BCUT2D eigenvalue weighted by molar-refractivity contribution is 6.31. The number of carbonyl (C=O) groups is 1. The summed E-state index contributed by atoms with van der Waals surface area (Å²) in [6, 6.07) is 0. The third kappa shape index (κ3) is 3.75. The van der Waals surface area contributed by atoms with Gasteiger partial charge in [-0.15, -0.1) is 0 Å². The molecule has 0 atom stereocenters. The maximum atomic E-state index is 12.0. The summed E-state index contributed by atoms with van der Waals surface area (Å²) < 4.78 is 1.92. The van der Waals surface area contributed by atoms with E-state index in [1.165, 1.54) is 19.3 Å². The molecule has 1 aromatic heterocycles. The molecule has 4 nitrogen and oxygen atoms in total. The highest BCUT2D eigenvalue weighted by Crippen LogP contribution is 2.23. The molecule has 112 valence electrons. The first-order chi connectivity index (χ1) is 9.59. The van der Waals surface area contributed by atoms with Crippen LogP contribution >= 0.6 is 11.6 Å². The summed E-state index contributed by atoms with van der Waals surface area (Å²) in [5.74, 6) is 0.475. The Morgan fingerprint density at radius 3 is 2.65 bits per heavy atom. The third-order valence-electron chi connectivity index (χ3n) is 4.12. The lowest BCUT2D eigenvalue weighted by Crippen LogP contribution is -2.33. The number of nitrogens with zero attached hydrogens (tertiary/aromatic N) is 2. The van der Waals surface area contributed by atoms with Crippen molar-refractivity contribution in [3.8, 4) is 0 Å². The van der Waals surface area contributed by atoms with Crippen molar-refractivity contribution < 1.29 is 4.79 Å². The number of rotatable bonds is 5. The second-order valence-electron chi connectivity index (χ2n) is 5.69. The van der Waals surface area contributed by atoms with E-state index in [0.29, 0.717) is 6.54 Å². The largest absolute Gasteiger partial charge is 0.356 e. The first kappa shape index (κ1) is 15.4. The van der Waals surface area contributed by atoms with Crippen molar-refractivity contribution in [3.63, 3.8) is 0 Å². The van der Waals surface area contributed by atoms with Gasteiger partial charge in [0.2, 0.25) is 5.91 Å². The summed E-state index contributed by atoms with van der Waals surface area (Å²) in [5.41, 5.74) is 1.87. The van der Waals surface area contributed by atoms with Gasteiger partial charge in [0, 0.05) is 19.0 Å². The van der Waals surface area contributed by atoms with Crippen LogP contribution < -0.4 is 5.32 Å². The van der Waals surface area contributed by atoms with E-state index in [0.717, 1.165) is 42.2 Å². The Bertz CT molecular complexity index is 464. The van der Waals surface area contributed by atoms with Gasteiger partial charge in [-0.3, -0.25) is 9.48 Å².